The normalized spacial score (nSPS) is 22.9. The molecule has 1 heterocycles. The van der Waals surface area contributed by atoms with Crippen LogP contribution in [-0.4, -0.2) is 66.3 Å². The van der Waals surface area contributed by atoms with Gasteiger partial charge in [0, 0.05) is 38.1 Å². The summed E-state index contributed by atoms with van der Waals surface area (Å²) in [6, 6.07) is 0.594. The number of likely N-dealkylation sites (N-methyl/N-ethyl adjacent to an activating group) is 1. The van der Waals surface area contributed by atoms with E-state index in [0.717, 1.165) is 39.3 Å². The fraction of sp³-hybridized carbons (Fsp3) is 0.929. The lowest BCUT2D eigenvalue weighted by molar-refractivity contribution is -0.0521. The minimum absolute atomic E-state index is 0.264. The Hall–Kier alpha value is -0.230. The Morgan fingerprint density at radius 3 is 2.68 bits per heavy atom. The number of rotatable bonds is 7. The third kappa shape index (κ3) is 5.73. The van der Waals surface area contributed by atoms with Crippen LogP contribution in [-0.2, 0) is 4.74 Å². The summed E-state index contributed by atoms with van der Waals surface area (Å²) < 4.78 is 5.89. The Balaban J connectivity index is 2.44. The van der Waals surface area contributed by atoms with E-state index < -0.39 is 0 Å². The molecule has 2 unspecified atom stereocenters. The molecule has 1 rings (SSSR count). The molecule has 1 saturated heterocycles. The SMILES string of the molecule is CCN(CC1CN(C(C)C)CCO1)CC(C)C(N)=S. The van der Waals surface area contributed by atoms with Crippen molar-refractivity contribution in [2.24, 2.45) is 11.7 Å². The average Bonchev–Trinajstić information content (AvgIpc) is 2.37. The fourth-order valence-corrected chi connectivity index (χ4v) is 2.49. The number of hydrogen-bond acceptors (Lipinski definition) is 4. The van der Waals surface area contributed by atoms with Gasteiger partial charge in [-0.2, -0.15) is 0 Å². The zero-order valence-electron chi connectivity index (χ0n) is 12.8. The van der Waals surface area contributed by atoms with Crippen molar-refractivity contribution in [2.45, 2.75) is 39.8 Å². The summed E-state index contributed by atoms with van der Waals surface area (Å²) in [4.78, 5) is 5.48. The van der Waals surface area contributed by atoms with Crippen LogP contribution >= 0.6 is 12.2 Å². The number of morpholine rings is 1. The maximum absolute atomic E-state index is 5.89. The average molecular weight is 287 g/mol. The van der Waals surface area contributed by atoms with Gasteiger partial charge in [-0.05, 0) is 20.4 Å². The van der Waals surface area contributed by atoms with Crippen LogP contribution in [0.1, 0.15) is 27.7 Å². The van der Waals surface area contributed by atoms with E-state index in [2.05, 4.69) is 37.5 Å². The summed E-state index contributed by atoms with van der Waals surface area (Å²) in [6.45, 7) is 14.6. The monoisotopic (exact) mass is 287 g/mol. The predicted molar refractivity (Wildman–Crippen MR) is 84.5 cm³/mol. The molecule has 4 nitrogen and oxygen atoms in total. The van der Waals surface area contributed by atoms with E-state index in [1.807, 2.05) is 0 Å². The van der Waals surface area contributed by atoms with Crippen molar-refractivity contribution >= 4 is 17.2 Å². The molecule has 112 valence electrons. The van der Waals surface area contributed by atoms with E-state index in [9.17, 15) is 0 Å². The van der Waals surface area contributed by atoms with Gasteiger partial charge in [-0.25, -0.2) is 0 Å². The highest BCUT2D eigenvalue weighted by molar-refractivity contribution is 7.80. The summed E-state index contributed by atoms with van der Waals surface area (Å²) in [5.41, 5.74) is 5.70. The van der Waals surface area contributed by atoms with Gasteiger partial charge in [-0.1, -0.05) is 26.1 Å². The van der Waals surface area contributed by atoms with Gasteiger partial charge in [0.2, 0.25) is 0 Å². The van der Waals surface area contributed by atoms with Crippen molar-refractivity contribution in [2.75, 3.05) is 39.3 Å². The standard InChI is InChI=1S/C14H29N3OS/c1-5-16(8-12(4)14(15)19)9-13-10-17(11(2)3)6-7-18-13/h11-13H,5-10H2,1-4H3,(H2,15,19). The van der Waals surface area contributed by atoms with Crippen LogP contribution in [0.25, 0.3) is 0 Å². The molecule has 0 radical (unpaired) electrons. The molecule has 0 saturated carbocycles. The minimum Gasteiger partial charge on any atom is -0.393 e. The van der Waals surface area contributed by atoms with E-state index in [0.29, 0.717) is 17.1 Å². The molecule has 1 aliphatic heterocycles. The van der Waals surface area contributed by atoms with Crippen LogP contribution in [0, 0.1) is 5.92 Å². The zero-order valence-corrected chi connectivity index (χ0v) is 13.6. The lowest BCUT2D eigenvalue weighted by Gasteiger charge is -2.38. The Morgan fingerprint density at radius 2 is 2.16 bits per heavy atom. The number of nitrogens with zero attached hydrogens (tertiary/aromatic N) is 2. The molecule has 5 heteroatoms. The first-order valence-corrected chi connectivity index (χ1v) is 7.72. The van der Waals surface area contributed by atoms with E-state index in [-0.39, 0.29) is 5.92 Å². The maximum atomic E-state index is 5.89. The van der Waals surface area contributed by atoms with Gasteiger partial charge >= 0.3 is 0 Å². The predicted octanol–water partition coefficient (Wildman–Crippen LogP) is 1.34. The third-order valence-corrected chi connectivity index (χ3v) is 4.23. The molecule has 19 heavy (non-hydrogen) atoms. The Morgan fingerprint density at radius 1 is 1.47 bits per heavy atom. The van der Waals surface area contributed by atoms with Crippen molar-refractivity contribution in [1.29, 1.82) is 0 Å². The first kappa shape index (κ1) is 16.8. The first-order valence-electron chi connectivity index (χ1n) is 7.31. The topological polar surface area (TPSA) is 41.7 Å². The highest BCUT2D eigenvalue weighted by Gasteiger charge is 2.24. The van der Waals surface area contributed by atoms with Gasteiger partial charge < -0.3 is 15.4 Å². The second-order valence-corrected chi connectivity index (χ2v) is 6.21. The molecule has 1 aliphatic rings. The molecule has 2 atom stereocenters. The van der Waals surface area contributed by atoms with Crippen LogP contribution in [0.4, 0.5) is 0 Å². The molecule has 0 aliphatic carbocycles. The number of thiocarbonyl (C=S) groups is 1. The molecule has 0 aromatic heterocycles. The largest absolute Gasteiger partial charge is 0.393 e. The molecule has 0 spiro atoms. The maximum Gasteiger partial charge on any atom is 0.0829 e. The van der Waals surface area contributed by atoms with Gasteiger partial charge in [0.1, 0.15) is 0 Å². The van der Waals surface area contributed by atoms with Crippen molar-refractivity contribution in [3.05, 3.63) is 0 Å². The number of nitrogens with two attached hydrogens (primary N) is 1. The van der Waals surface area contributed by atoms with E-state index >= 15 is 0 Å². The van der Waals surface area contributed by atoms with Gasteiger partial charge in [0.05, 0.1) is 17.7 Å². The summed E-state index contributed by atoms with van der Waals surface area (Å²) in [6.07, 6.45) is 0.301. The zero-order chi connectivity index (χ0) is 14.4. The highest BCUT2D eigenvalue weighted by Crippen LogP contribution is 2.11. The minimum atomic E-state index is 0.264. The van der Waals surface area contributed by atoms with Crippen LogP contribution < -0.4 is 5.73 Å². The molecule has 0 aromatic carbocycles. The van der Waals surface area contributed by atoms with Crippen molar-refractivity contribution in [3.8, 4) is 0 Å². The third-order valence-electron chi connectivity index (χ3n) is 3.83. The summed E-state index contributed by atoms with van der Waals surface area (Å²) in [5.74, 6) is 0.264. The Bertz CT molecular complexity index is 286. The fourth-order valence-electron chi connectivity index (χ4n) is 2.42. The Kier molecular flexibility index (Phi) is 7.21. The van der Waals surface area contributed by atoms with Gasteiger partial charge in [-0.3, -0.25) is 4.90 Å². The summed E-state index contributed by atoms with van der Waals surface area (Å²) in [7, 11) is 0. The van der Waals surface area contributed by atoms with Gasteiger partial charge in [0.25, 0.3) is 0 Å². The van der Waals surface area contributed by atoms with E-state index in [1.54, 1.807) is 0 Å². The molecule has 0 amide bonds. The first-order chi connectivity index (χ1) is 8.93. The molecular weight excluding hydrogens is 258 g/mol. The summed E-state index contributed by atoms with van der Waals surface area (Å²) in [5, 5.41) is 0. The van der Waals surface area contributed by atoms with Crippen LogP contribution in [0.5, 0.6) is 0 Å². The lowest BCUT2D eigenvalue weighted by atomic mass is 10.1. The Labute approximate surface area is 123 Å². The second-order valence-electron chi connectivity index (χ2n) is 5.74. The smallest absolute Gasteiger partial charge is 0.0829 e. The van der Waals surface area contributed by atoms with Crippen molar-refractivity contribution < 1.29 is 4.74 Å². The number of hydrogen-bond donors (Lipinski definition) is 1. The molecule has 1 fully saturated rings. The lowest BCUT2D eigenvalue weighted by Crippen LogP contribution is -2.50. The van der Waals surface area contributed by atoms with Crippen LogP contribution in [0.15, 0.2) is 0 Å². The summed E-state index contributed by atoms with van der Waals surface area (Å²) >= 11 is 5.05. The quantitative estimate of drug-likeness (QED) is 0.716. The van der Waals surface area contributed by atoms with Crippen LogP contribution in [0.3, 0.4) is 0 Å². The molecule has 0 aromatic rings. The molecule has 0 bridgehead atoms. The highest BCUT2D eigenvalue weighted by atomic mass is 32.1. The second kappa shape index (κ2) is 8.15. The van der Waals surface area contributed by atoms with Crippen LogP contribution in [0.2, 0.25) is 0 Å². The van der Waals surface area contributed by atoms with E-state index in [4.69, 9.17) is 22.7 Å². The molecule has 2 N–H and O–H groups in total. The van der Waals surface area contributed by atoms with Crippen molar-refractivity contribution in [3.63, 3.8) is 0 Å². The number of ether oxygens (including phenoxy) is 1. The van der Waals surface area contributed by atoms with Gasteiger partial charge in [-0.15, -0.1) is 0 Å². The van der Waals surface area contributed by atoms with Crippen molar-refractivity contribution in [1.82, 2.24) is 9.80 Å². The van der Waals surface area contributed by atoms with E-state index in [1.165, 1.54) is 0 Å². The van der Waals surface area contributed by atoms with Gasteiger partial charge in [0.15, 0.2) is 0 Å². The molecular formula is C14H29N3OS.